The molecular weight excluding hydrogens is 425 g/mol. The number of carbonyl (C=O) groups is 2. The Hall–Kier alpha value is -3.13. The lowest BCUT2D eigenvalue weighted by molar-refractivity contribution is -0.137. The number of nitrogens with zero attached hydrogens (tertiary/aromatic N) is 1. The van der Waals surface area contributed by atoms with Gasteiger partial charge in [0.1, 0.15) is 5.82 Å². The van der Waals surface area contributed by atoms with Crippen LogP contribution in [0.25, 0.3) is 0 Å². The molecule has 1 aliphatic rings. The second kappa shape index (κ2) is 10.2. The van der Waals surface area contributed by atoms with Crippen molar-refractivity contribution >= 4 is 29.1 Å². The van der Waals surface area contributed by atoms with Gasteiger partial charge in [-0.1, -0.05) is 13.0 Å². The quantitative estimate of drug-likeness (QED) is 0.438. The minimum absolute atomic E-state index is 0.00687. The smallest absolute Gasteiger partial charge is 0.323 e. The minimum Gasteiger partial charge on any atom is -0.481 e. The van der Waals surface area contributed by atoms with Crippen molar-refractivity contribution in [2.24, 2.45) is 0 Å². The highest BCUT2D eigenvalue weighted by molar-refractivity contribution is 6.02. The second-order valence-corrected chi connectivity index (χ2v) is 9.07. The van der Waals surface area contributed by atoms with Crippen LogP contribution in [0.4, 0.5) is 26.2 Å². The number of halogens is 1. The van der Waals surface area contributed by atoms with Crippen molar-refractivity contribution in [2.45, 2.75) is 64.0 Å². The predicted octanol–water partition coefficient (Wildman–Crippen LogP) is 5.18. The van der Waals surface area contributed by atoms with E-state index in [2.05, 4.69) is 15.5 Å². The number of carbonyl (C=O) groups excluding carboxylic acids is 1. The maximum absolute atomic E-state index is 13.2. The molecule has 0 aromatic heterocycles. The number of carboxylic acid groups (broad SMARTS) is 1. The molecule has 0 spiro atoms. The number of aliphatic carboxylic acids is 1. The highest BCUT2D eigenvalue weighted by atomic mass is 19.1. The Balaban J connectivity index is 1.94. The fourth-order valence-corrected chi connectivity index (χ4v) is 4.47. The van der Waals surface area contributed by atoms with Gasteiger partial charge in [-0.15, -0.1) is 0 Å². The van der Waals surface area contributed by atoms with E-state index in [4.69, 9.17) is 0 Å². The molecule has 2 amide bonds. The van der Waals surface area contributed by atoms with E-state index in [1.807, 2.05) is 25.1 Å². The van der Waals surface area contributed by atoms with Crippen LogP contribution in [0.2, 0.25) is 0 Å². The first-order chi connectivity index (χ1) is 15.6. The van der Waals surface area contributed by atoms with Crippen LogP contribution in [0.1, 0.15) is 57.9 Å². The molecule has 0 bridgehead atoms. The van der Waals surface area contributed by atoms with Gasteiger partial charge in [0.2, 0.25) is 0 Å². The van der Waals surface area contributed by atoms with Crippen LogP contribution >= 0.6 is 0 Å². The van der Waals surface area contributed by atoms with Crippen LogP contribution in [0.5, 0.6) is 0 Å². The number of hydrogen-bond acceptors (Lipinski definition) is 4. The lowest BCUT2D eigenvalue weighted by atomic mass is 9.92. The number of benzene rings is 2. The highest BCUT2D eigenvalue weighted by Crippen LogP contribution is 2.38. The molecule has 2 atom stereocenters. The number of anilines is 3. The van der Waals surface area contributed by atoms with Crippen molar-refractivity contribution in [2.75, 3.05) is 22.1 Å². The summed E-state index contributed by atoms with van der Waals surface area (Å²) in [5, 5.41) is 25.5. The predicted molar refractivity (Wildman–Crippen MR) is 127 cm³/mol. The zero-order chi connectivity index (χ0) is 24.2. The SMILES string of the molecule is CCC(CC(=O)O)c1ccc(N2CCC[C@H]2C(C)(C)O)c(NC(=O)Nc2ccc(F)cc2)c1. The Morgan fingerprint density at radius 3 is 2.48 bits per heavy atom. The van der Waals surface area contributed by atoms with Crippen molar-refractivity contribution in [1.82, 2.24) is 0 Å². The molecule has 0 saturated carbocycles. The van der Waals surface area contributed by atoms with E-state index in [1.165, 1.54) is 24.3 Å². The Kier molecular flexibility index (Phi) is 7.58. The summed E-state index contributed by atoms with van der Waals surface area (Å²) in [5.41, 5.74) is 1.63. The van der Waals surface area contributed by atoms with Crippen molar-refractivity contribution in [3.8, 4) is 0 Å². The molecule has 1 aliphatic heterocycles. The van der Waals surface area contributed by atoms with Crippen LogP contribution in [0, 0.1) is 5.82 Å². The summed E-state index contributed by atoms with van der Waals surface area (Å²) in [5.74, 6) is -1.47. The molecule has 1 unspecified atom stereocenters. The molecule has 7 nitrogen and oxygen atoms in total. The van der Waals surface area contributed by atoms with E-state index in [-0.39, 0.29) is 18.4 Å². The third kappa shape index (κ3) is 6.22. The summed E-state index contributed by atoms with van der Waals surface area (Å²) in [6.07, 6.45) is 2.37. The fourth-order valence-electron chi connectivity index (χ4n) is 4.47. The fraction of sp³-hybridized carbons (Fsp3) is 0.440. The van der Waals surface area contributed by atoms with Gasteiger partial charge in [-0.3, -0.25) is 4.79 Å². The molecule has 8 heteroatoms. The monoisotopic (exact) mass is 457 g/mol. The molecular formula is C25H32FN3O4. The topological polar surface area (TPSA) is 102 Å². The molecule has 0 radical (unpaired) electrons. The average Bonchev–Trinajstić information content (AvgIpc) is 3.24. The Morgan fingerprint density at radius 2 is 1.88 bits per heavy atom. The van der Waals surface area contributed by atoms with E-state index in [9.17, 15) is 24.2 Å². The molecule has 33 heavy (non-hydrogen) atoms. The van der Waals surface area contributed by atoms with Crippen molar-refractivity contribution < 1.29 is 24.2 Å². The third-order valence-corrected chi connectivity index (χ3v) is 6.13. The molecule has 2 aromatic carbocycles. The van der Waals surface area contributed by atoms with Crippen molar-refractivity contribution in [1.29, 1.82) is 0 Å². The molecule has 1 saturated heterocycles. The van der Waals surface area contributed by atoms with E-state index in [0.29, 0.717) is 17.8 Å². The molecule has 4 N–H and O–H groups in total. The lowest BCUT2D eigenvalue weighted by Crippen LogP contribution is -2.46. The number of amides is 2. The van der Waals surface area contributed by atoms with Crippen molar-refractivity contribution in [3.63, 3.8) is 0 Å². The molecule has 3 rings (SSSR count). The molecule has 178 valence electrons. The number of rotatable bonds is 8. The molecule has 0 aliphatic carbocycles. The number of urea groups is 1. The number of hydrogen-bond donors (Lipinski definition) is 4. The second-order valence-electron chi connectivity index (χ2n) is 9.07. The van der Waals surface area contributed by atoms with Crippen LogP contribution in [0.15, 0.2) is 42.5 Å². The van der Waals surface area contributed by atoms with E-state index in [0.717, 1.165) is 30.6 Å². The van der Waals surface area contributed by atoms with Gasteiger partial charge in [-0.2, -0.15) is 0 Å². The first-order valence-electron chi connectivity index (χ1n) is 11.3. The normalized spacial score (nSPS) is 17.0. The molecule has 1 fully saturated rings. The largest absolute Gasteiger partial charge is 0.481 e. The van der Waals surface area contributed by atoms with Gasteiger partial charge in [0.25, 0.3) is 0 Å². The minimum atomic E-state index is -0.932. The van der Waals surface area contributed by atoms with Crippen molar-refractivity contribution in [3.05, 3.63) is 53.8 Å². The van der Waals surface area contributed by atoms with Gasteiger partial charge in [-0.25, -0.2) is 9.18 Å². The first kappa shape index (κ1) is 24.5. The zero-order valence-electron chi connectivity index (χ0n) is 19.3. The number of aliphatic hydroxyl groups is 1. The van der Waals surface area contributed by atoms with Crippen LogP contribution in [-0.2, 0) is 4.79 Å². The Labute approximate surface area is 193 Å². The average molecular weight is 458 g/mol. The van der Waals surface area contributed by atoms with Gasteiger partial charge in [-0.05, 0) is 81.0 Å². The number of nitrogens with one attached hydrogen (secondary N) is 2. The zero-order valence-corrected chi connectivity index (χ0v) is 19.3. The van der Waals surface area contributed by atoms with Crippen LogP contribution in [0.3, 0.4) is 0 Å². The summed E-state index contributed by atoms with van der Waals surface area (Å²) in [4.78, 5) is 26.2. The van der Waals surface area contributed by atoms with Crippen LogP contribution in [-0.4, -0.2) is 40.4 Å². The van der Waals surface area contributed by atoms with Gasteiger partial charge in [0, 0.05) is 12.2 Å². The summed E-state index contributed by atoms with van der Waals surface area (Å²) in [6, 6.07) is 10.4. The molecule has 1 heterocycles. The lowest BCUT2D eigenvalue weighted by Gasteiger charge is -2.36. The molecule has 2 aromatic rings. The Bertz CT molecular complexity index is 988. The summed E-state index contributed by atoms with van der Waals surface area (Å²) >= 11 is 0. The van der Waals surface area contributed by atoms with E-state index >= 15 is 0 Å². The van der Waals surface area contributed by atoms with Gasteiger partial charge < -0.3 is 25.7 Å². The maximum atomic E-state index is 13.2. The summed E-state index contributed by atoms with van der Waals surface area (Å²) in [7, 11) is 0. The van der Waals surface area contributed by atoms with E-state index in [1.54, 1.807) is 13.8 Å². The summed E-state index contributed by atoms with van der Waals surface area (Å²) in [6.45, 7) is 6.21. The number of carboxylic acids is 1. The Morgan fingerprint density at radius 1 is 1.18 bits per heavy atom. The van der Waals surface area contributed by atoms with Gasteiger partial charge in [0.15, 0.2) is 0 Å². The van der Waals surface area contributed by atoms with Crippen LogP contribution < -0.4 is 15.5 Å². The standard InChI is InChI=1S/C25H32FN3O4/c1-4-16(15-23(30)31)17-7-12-21(29-13-5-6-22(29)25(2,3)33)20(14-17)28-24(32)27-19-10-8-18(26)9-11-19/h7-12,14,16,22,33H,4-6,13,15H2,1-3H3,(H,30,31)(H2,27,28,32)/t16?,22-/m0/s1. The highest BCUT2D eigenvalue weighted by Gasteiger charge is 2.37. The van der Waals surface area contributed by atoms with Gasteiger partial charge in [0.05, 0.1) is 29.4 Å². The van der Waals surface area contributed by atoms with E-state index < -0.39 is 23.4 Å². The first-order valence-corrected chi connectivity index (χ1v) is 11.3. The van der Waals surface area contributed by atoms with Gasteiger partial charge >= 0.3 is 12.0 Å². The maximum Gasteiger partial charge on any atom is 0.323 e. The summed E-state index contributed by atoms with van der Waals surface area (Å²) < 4.78 is 13.2. The third-order valence-electron chi connectivity index (χ3n) is 6.13.